The number of ether oxygens (including phenoxy) is 1. The predicted molar refractivity (Wildman–Crippen MR) is 30.5 cm³/mol. The molecule has 0 aromatic rings. The lowest BCUT2D eigenvalue weighted by Crippen LogP contribution is -2.17. The summed E-state index contributed by atoms with van der Waals surface area (Å²) in [4.78, 5) is 20.4. The fraction of sp³-hybridized carbons (Fsp3) is 0.600. The number of nitrogens with one attached hydrogen (secondary N) is 1. The van der Waals surface area contributed by atoms with Crippen molar-refractivity contribution < 1.29 is 19.4 Å². The highest BCUT2D eigenvalue weighted by atomic mass is 16.6. The van der Waals surface area contributed by atoms with E-state index in [1.165, 1.54) is 0 Å². The minimum atomic E-state index is -0.957. The molecule has 1 unspecified atom stereocenters. The summed E-state index contributed by atoms with van der Waals surface area (Å²) in [6, 6.07) is 0. The van der Waals surface area contributed by atoms with Gasteiger partial charge in [0.2, 0.25) is 0 Å². The van der Waals surface area contributed by atoms with E-state index in [0.717, 1.165) is 0 Å². The van der Waals surface area contributed by atoms with Gasteiger partial charge in [-0.2, -0.15) is 0 Å². The number of hydrogen-bond acceptors (Lipinski definition) is 3. The zero-order valence-corrected chi connectivity index (χ0v) is 5.16. The summed E-state index contributed by atoms with van der Waals surface area (Å²) in [5.41, 5.74) is 0. The summed E-state index contributed by atoms with van der Waals surface area (Å²) in [5.74, 6) is -0.957. The van der Waals surface area contributed by atoms with Crippen LogP contribution in [-0.4, -0.2) is 29.8 Å². The molecule has 1 aliphatic rings. The molecule has 1 fully saturated rings. The third-order valence-electron chi connectivity index (χ3n) is 1.15. The lowest BCUT2D eigenvalue weighted by molar-refractivity contribution is -0.138. The summed E-state index contributed by atoms with van der Waals surface area (Å²) in [6.45, 7) is 0.297. The van der Waals surface area contributed by atoms with E-state index in [4.69, 9.17) is 5.11 Å². The van der Waals surface area contributed by atoms with Gasteiger partial charge in [0, 0.05) is 0 Å². The summed E-state index contributed by atoms with van der Waals surface area (Å²) in [5, 5.41) is 10.6. The molecule has 1 heterocycles. The quantitative estimate of drug-likeness (QED) is 0.552. The van der Waals surface area contributed by atoms with Crippen molar-refractivity contribution in [2.24, 2.45) is 0 Å². The van der Waals surface area contributed by atoms with E-state index in [1.54, 1.807) is 0 Å². The number of rotatable bonds is 2. The van der Waals surface area contributed by atoms with E-state index in [1.807, 2.05) is 0 Å². The van der Waals surface area contributed by atoms with Gasteiger partial charge in [0.25, 0.3) is 0 Å². The maximum atomic E-state index is 10.3. The molecule has 1 aliphatic heterocycles. The number of carbonyl (C=O) groups excluding carboxylic acids is 1. The number of carbonyl (C=O) groups is 2. The van der Waals surface area contributed by atoms with E-state index in [0.29, 0.717) is 6.54 Å². The second-order valence-electron chi connectivity index (χ2n) is 2.01. The van der Waals surface area contributed by atoms with Crippen molar-refractivity contribution >= 4 is 12.1 Å². The van der Waals surface area contributed by atoms with E-state index in [-0.39, 0.29) is 6.42 Å². The van der Waals surface area contributed by atoms with Crippen LogP contribution in [-0.2, 0) is 9.53 Å². The molecule has 0 aliphatic carbocycles. The van der Waals surface area contributed by atoms with Gasteiger partial charge < -0.3 is 15.2 Å². The van der Waals surface area contributed by atoms with E-state index < -0.39 is 18.2 Å². The molecule has 1 atom stereocenters. The minimum absolute atomic E-state index is 0.126. The van der Waals surface area contributed by atoms with Gasteiger partial charge in [0.1, 0.15) is 6.10 Å². The third kappa shape index (κ3) is 1.61. The van der Waals surface area contributed by atoms with E-state index in [2.05, 4.69) is 10.1 Å². The number of cyclic esters (lactones) is 1. The molecule has 0 spiro atoms. The third-order valence-corrected chi connectivity index (χ3v) is 1.15. The molecule has 0 aromatic heterocycles. The molecule has 5 heteroatoms. The Labute approximate surface area is 57.0 Å². The highest BCUT2D eigenvalue weighted by molar-refractivity contribution is 5.72. The first-order valence-corrected chi connectivity index (χ1v) is 2.85. The van der Waals surface area contributed by atoms with Crippen LogP contribution < -0.4 is 5.32 Å². The second-order valence-corrected chi connectivity index (χ2v) is 2.01. The van der Waals surface area contributed by atoms with Crippen molar-refractivity contribution in [3.8, 4) is 0 Å². The number of alkyl carbamates (subject to hydrolysis) is 1. The van der Waals surface area contributed by atoms with Crippen LogP contribution in [0.5, 0.6) is 0 Å². The molecular weight excluding hydrogens is 138 g/mol. The van der Waals surface area contributed by atoms with Crippen molar-refractivity contribution in [2.45, 2.75) is 12.5 Å². The van der Waals surface area contributed by atoms with Crippen molar-refractivity contribution in [3.63, 3.8) is 0 Å². The van der Waals surface area contributed by atoms with Crippen LogP contribution in [0, 0.1) is 0 Å². The predicted octanol–water partition coefficient (Wildman–Crippen LogP) is -0.430. The molecule has 0 radical (unpaired) electrons. The lowest BCUT2D eigenvalue weighted by atomic mass is 10.3. The monoisotopic (exact) mass is 145 g/mol. The number of carboxylic acid groups (broad SMARTS) is 1. The Morgan fingerprint density at radius 2 is 2.60 bits per heavy atom. The Hall–Kier alpha value is -1.26. The number of hydrogen-bond donors (Lipinski definition) is 2. The molecule has 5 nitrogen and oxygen atoms in total. The molecule has 0 saturated carbocycles. The maximum Gasteiger partial charge on any atom is 0.407 e. The molecule has 1 rings (SSSR count). The Balaban J connectivity index is 2.31. The highest BCUT2D eigenvalue weighted by Crippen LogP contribution is 2.03. The van der Waals surface area contributed by atoms with Crippen LogP contribution in [0.2, 0.25) is 0 Å². The zero-order valence-electron chi connectivity index (χ0n) is 5.16. The SMILES string of the molecule is O=C(O)CC1CNC(=O)O1. The van der Waals surface area contributed by atoms with Crippen LogP contribution in [0.3, 0.4) is 0 Å². The van der Waals surface area contributed by atoms with Gasteiger partial charge in [0.15, 0.2) is 0 Å². The average molecular weight is 145 g/mol. The van der Waals surface area contributed by atoms with Gasteiger partial charge in [0.05, 0.1) is 13.0 Å². The first kappa shape index (κ1) is 6.85. The molecule has 2 N–H and O–H groups in total. The van der Waals surface area contributed by atoms with Gasteiger partial charge in [-0.1, -0.05) is 0 Å². The number of carboxylic acids is 1. The molecular formula is C5H7NO4. The normalized spacial score (nSPS) is 23.6. The van der Waals surface area contributed by atoms with Crippen LogP contribution in [0.4, 0.5) is 4.79 Å². The Morgan fingerprint density at radius 3 is 3.00 bits per heavy atom. The molecule has 0 bridgehead atoms. The Morgan fingerprint density at radius 1 is 1.90 bits per heavy atom. The average Bonchev–Trinajstić information content (AvgIpc) is 2.13. The maximum absolute atomic E-state index is 10.3. The van der Waals surface area contributed by atoms with Crippen molar-refractivity contribution in [2.75, 3.05) is 6.54 Å². The van der Waals surface area contributed by atoms with E-state index in [9.17, 15) is 9.59 Å². The highest BCUT2D eigenvalue weighted by Gasteiger charge is 2.24. The molecule has 10 heavy (non-hydrogen) atoms. The first-order chi connectivity index (χ1) is 4.68. The van der Waals surface area contributed by atoms with Crippen molar-refractivity contribution in [3.05, 3.63) is 0 Å². The smallest absolute Gasteiger partial charge is 0.407 e. The van der Waals surface area contributed by atoms with Gasteiger partial charge >= 0.3 is 12.1 Å². The topological polar surface area (TPSA) is 75.6 Å². The first-order valence-electron chi connectivity index (χ1n) is 2.85. The van der Waals surface area contributed by atoms with Crippen molar-refractivity contribution in [1.29, 1.82) is 0 Å². The number of amides is 1. The molecule has 56 valence electrons. The minimum Gasteiger partial charge on any atom is -0.481 e. The van der Waals surface area contributed by atoms with Gasteiger partial charge in [-0.15, -0.1) is 0 Å². The fourth-order valence-corrected chi connectivity index (χ4v) is 0.740. The summed E-state index contributed by atoms with van der Waals surface area (Å²) < 4.78 is 4.54. The Bertz CT molecular complexity index is 167. The van der Waals surface area contributed by atoms with Gasteiger partial charge in [-0.3, -0.25) is 4.79 Å². The van der Waals surface area contributed by atoms with Gasteiger partial charge in [-0.25, -0.2) is 4.79 Å². The molecule has 0 aromatic carbocycles. The van der Waals surface area contributed by atoms with Crippen LogP contribution in [0.1, 0.15) is 6.42 Å². The lowest BCUT2D eigenvalue weighted by Gasteiger charge is -2.01. The fourth-order valence-electron chi connectivity index (χ4n) is 0.740. The summed E-state index contributed by atoms with van der Waals surface area (Å²) >= 11 is 0. The zero-order chi connectivity index (χ0) is 7.56. The Kier molecular flexibility index (Phi) is 1.75. The van der Waals surface area contributed by atoms with Crippen LogP contribution in [0.25, 0.3) is 0 Å². The second kappa shape index (κ2) is 2.55. The largest absolute Gasteiger partial charge is 0.481 e. The summed E-state index contributed by atoms with van der Waals surface area (Å²) in [7, 11) is 0. The van der Waals surface area contributed by atoms with Crippen LogP contribution >= 0.6 is 0 Å². The van der Waals surface area contributed by atoms with Gasteiger partial charge in [-0.05, 0) is 0 Å². The number of aliphatic carboxylic acids is 1. The molecule has 1 amide bonds. The summed E-state index contributed by atoms with van der Waals surface area (Å²) in [6.07, 6.45) is -1.16. The van der Waals surface area contributed by atoms with E-state index >= 15 is 0 Å². The standard InChI is InChI=1S/C5H7NO4/c7-4(8)1-3-2-6-5(9)10-3/h3H,1-2H2,(H,6,9)(H,7,8). The van der Waals surface area contributed by atoms with Crippen LogP contribution in [0.15, 0.2) is 0 Å². The van der Waals surface area contributed by atoms with Crippen molar-refractivity contribution in [1.82, 2.24) is 5.32 Å². The molecule has 1 saturated heterocycles.